The summed E-state index contributed by atoms with van der Waals surface area (Å²) in [5, 5.41) is 2.79. The maximum atomic E-state index is 13.7. The molecule has 4 N–H and O–H groups in total. The highest BCUT2D eigenvalue weighted by Gasteiger charge is 2.29. The summed E-state index contributed by atoms with van der Waals surface area (Å²) in [6.07, 6.45) is 1.07. The van der Waals surface area contributed by atoms with Crippen LogP contribution in [0.25, 0.3) is 0 Å². The van der Waals surface area contributed by atoms with Gasteiger partial charge in [-0.3, -0.25) is 9.59 Å². The maximum Gasteiger partial charge on any atom is 0.255 e. The number of piperidine rings is 1. The van der Waals surface area contributed by atoms with Crippen molar-refractivity contribution in [3.63, 3.8) is 0 Å². The monoisotopic (exact) mass is 550 g/mol. The van der Waals surface area contributed by atoms with Crippen LogP contribution in [0.2, 0.25) is 0 Å². The van der Waals surface area contributed by atoms with Crippen LogP contribution in [0.1, 0.15) is 41.7 Å². The number of carbonyl (C=O) groups excluding carboxylic acids is 2. The molecule has 39 heavy (non-hydrogen) atoms. The zero-order chi connectivity index (χ0) is 27.6. The van der Waals surface area contributed by atoms with Crippen molar-refractivity contribution in [3.05, 3.63) is 77.9 Å². The van der Waals surface area contributed by atoms with Crippen LogP contribution in [0.15, 0.2) is 71.6 Å². The zero-order valence-corrected chi connectivity index (χ0v) is 22.2. The predicted octanol–water partition coefficient (Wildman–Crippen LogP) is 3.41. The SMILES string of the molecule is CC(NS(=O)(=O)c1cc(NC(=O)c2ccc3c(c2)OCO3)ccc1N1CCC(C(N)=O)CC1)c1ccccc1. The molecule has 0 aromatic heterocycles. The number of fused-ring (bicyclic) bond motifs is 1. The maximum absolute atomic E-state index is 13.7. The van der Waals surface area contributed by atoms with Gasteiger partial charge in [0.1, 0.15) is 4.90 Å². The smallest absolute Gasteiger partial charge is 0.255 e. The number of amides is 2. The molecule has 0 saturated carbocycles. The standard InChI is InChI=1S/C28H30N4O6S/c1-18(19-5-3-2-4-6-19)31-39(35,36)26-16-22(8-9-23(26)32-13-11-20(12-14-32)27(29)33)30-28(34)21-7-10-24-25(15-21)38-17-37-24/h2-10,15-16,18,20,31H,11-14,17H2,1H3,(H2,29,33)(H,30,34). The van der Waals surface area contributed by atoms with Crippen molar-refractivity contribution in [1.29, 1.82) is 0 Å². The highest BCUT2D eigenvalue weighted by atomic mass is 32.2. The van der Waals surface area contributed by atoms with Gasteiger partial charge in [0.25, 0.3) is 5.91 Å². The van der Waals surface area contributed by atoms with Gasteiger partial charge in [0.15, 0.2) is 11.5 Å². The topological polar surface area (TPSA) is 140 Å². The normalized spacial score (nSPS) is 16.1. The Labute approximate surface area is 227 Å². The summed E-state index contributed by atoms with van der Waals surface area (Å²) in [6, 6.07) is 18.4. The molecular formula is C28H30N4O6S. The van der Waals surface area contributed by atoms with Crippen molar-refractivity contribution in [2.75, 3.05) is 30.1 Å². The van der Waals surface area contributed by atoms with Crippen molar-refractivity contribution in [3.8, 4) is 11.5 Å². The van der Waals surface area contributed by atoms with Gasteiger partial charge in [0, 0.05) is 36.3 Å². The number of carbonyl (C=O) groups is 2. The van der Waals surface area contributed by atoms with E-state index in [1.807, 2.05) is 35.2 Å². The van der Waals surface area contributed by atoms with E-state index in [2.05, 4.69) is 10.0 Å². The lowest BCUT2D eigenvalue weighted by Crippen LogP contribution is -2.39. The molecule has 0 spiro atoms. The van der Waals surface area contributed by atoms with Gasteiger partial charge in [-0.05, 0) is 61.7 Å². The van der Waals surface area contributed by atoms with E-state index in [0.717, 1.165) is 5.56 Å². The summed E-state index contributed by atoms with van der Waals surface area (Å²) in [5.41, 5.74) is 7.46. The van der Waals surface area contributed by atoms with Crippen LogP contribution in [0.3, 0.4) is 0 Å². The summed E-state index contributed by atoms with van der Waals surface area (Å²) in [4.78, 5) is 26.6. The molecule has 0 bridgehead atoms. The fourth-order valence-electron chi connectivity index (χ4n) is 4.82. The number of nitrogens with two attached hydrogens (primary N) is 1. The fraction of sp³-hybridized carbons (Fsp3) is 0.286. The Hall–Kier alpha value is -4.09. The first-order valence-corrected chi connectivity index (χ1v) is 14.2. The highest BCUT2D eigenvalue weighted by Crippen LogP contribution is 2.34. The van der Waals surface area contributed by atoms with E-state index in [4.69, 9.17) is 15.2 Å². The number of benzene rings is 3. The summed E-state index contributed by atoms with van der Waals surface area (Å²) in [7, 11) is -4.02. The first-order chi connectivity index (χ1) is 18.7. The number of primary amides is 1. The molecule has 3 aromatic carbocycles. The van der Waals surface area contributed by atoms with Crippen LogP contribution in [-0.4, -0.2) is 40.1 Å². The third kappa shape index (κ3) is 5.84. The van der Waals surface area contributed by atoms with Crippen LogP contribution in [0, 0.1) is 5.92 Å². The van der Waals surface area contributed by atoms with Gasteiger partial charge in [-0.1, -0.05) is 30.3 Å². The van der Waals surface area contributed by atoms with Crippen molar-refractivity contribution < 1.29 is 27.5 Å². The van der Waals surface area contributed by atoms with Gasteiger partial charge < -0.3 is 25.4 Å². The van der Waals surface area contributed by atoms with E-state index < -0.39 is 22.0 Å². The minimum Gasteiger partial charge on any atom is -0.454 e. The summed E-state index contributed by atoms with van der Waals surface area (Å²) < 4.78 is 40.9. The Kier molecular flexibility index (Phi) is 7.45. The molecule has 2 aliphatic heterocycles. The second-order valence-electron chi connectivity index (χ2n) is 9.62. The third-order valence-electron chi connectivity index (χ3n) is 7.01. The molecule has 1 unspecified atom stereocenters. The van der Waals surface area contributed by atoms with Gasteiger partial charge in [-0.25, -0.2) is 13.1 Å². The molecule has 5 rings (SSSR count). The van der Waals surface area contributed by atoms with Crippen molar-refractivity contribution in [1.82, 2.24) is 4.72 Å². The molecule has 3 aromatic rings. The number of nitrogens with zero attached hydrogens (tertiary/aromatic N) is 1. The Balaban J connectivity index is 1.44. The molecule has 1 fully saturated rings. The summed E-state index contributed by atoms with van der Waals surface area (Å²) >= 11 is 0. The molecule has 0 aliphatic carbocycles. The van der Waals surface area contributed by atoms with Crippen LogP contribution >= 0.6 is 0 Å². The number of anilines is 2. The molecule has 204 valence electrons. The summed E-state index contributed by atoms with van der Waals surface area (Å²) in [6.45, 7) is 2.82. The van der Waals surface area contributed by atoms with E-state index in [0.29, 0.717) is 54.4 Å². The molecule has 1 saturated heterocycles. The van der Waals surface area contributed by atoms with Crippen molar-refractivity contribution in [2.24, 2.45) is 11.7 Å². The zero-order valence-electron chi connectivity index (χ0n) is 21.4. The van der Waals surface area contributed by atoms with E-state index in [9.17, 15) is 18.0 Å². The predicted molar refractivity (Wildman–Crippen MR) is 146 cm³/mol. The van der Waals surface area contributed by atoms with Gasteiger partial charge in [0.2, 0.25) is 22.7 Å². The average molecular weight is 551 g/mol. The molecule has 1 atom stereocenters. The van der Waals surface area contributed by atoms with Gasteiger partial charge >= 0.3 is 0 Å². The average Bonchev–Trinajstić information content (AvgIpc) is 3.41. The first-order valence-electron chi connectivity index (χ1n) is 12.7. The van der Waals surface area contributed by atoms with Crippen molar-refractivity contribution >= 4 is 33.2 Å². The lowest BCUT2D eigenvalue weighted by atomic mass is 9.96. The lowest BCUT2D eigenvalue weighted by molar-refractivity contribution is -0.122. The van der Waals surface area contributed by atoms with Crippen molar-refractivity contribution in [2.45, 2.75) is 30.7 Å². The van der Waals surface area contributed by atoms with Crippen LogP contribution in [0.5, 0.6) is 11.5 Å². The quantitative estimate of drug-likeness (QED) is 0.390. The molecule has 2 amide bonds. The second-order valence-corrected chi connectivity index (χ2v) is 11.3. The lowest BCUT2D eigenvalue weighted by Gasteiger charge is -2.33. The number of nitrogens with one attached hydrogen (secondary N) is 2. The van der Waals surface area contributed by atoms with Gasteiger partial charge in [0.05, 0.1) is 5.69 Å². The largest absolute Gasteiger partial charge is 0.454 e. The molecule has 10 nitrogen and oxygen atoms in total. The second kappa shape index (κ2) is 11.0. The van der Waals surface area contributed by atoms with Gasteiger partial charge in [-0.15, -0.1) is 0 Å². The van der Waals surface area contributed by atoms with E-state index in [1.54, 1.807) is 37.3 Å². The minimum atomic E-state index is -4.02. The van der Waals surface area contributed by atoms with Crippen LogP contribution in [-0.2, 0) is 14.8 Å². The van der Waals surface area contributed by atoms with Gasteiger partial charge in [-0.2, -0.15) is 0 Å². The van der Waals surface area contributed by atoms with Crippen LogP contribution < -0.4 is 30.1 Å². The highest BCUT2D eigenvalue weighted by molar-refractivity contribution is 7.89. The molecule has 0 radical (unpaired) electrons. The third-order valence-corrected chi connectivity index (χ3v) is 8.58. The Bertz CT molecular complexity index is 1490. The van der Waals surface area contributed by atoms with E-state index in [1.165, 1.54) is 6.07 Å². The first kappa shape index (κ1) is 26.5. The van der Waals surface area contributed by atoms with E-state index in [-0.39, 0.29) is 23.5 Å². The molecular weight excluding hydrogens is 520 g/mol. The number of ether oxygens (including phenoxy) is 2. The molecule has 2 heterocycles. The Morgan fingerprint density at radius 3 is 2.41 bits per heavy atom. The number of hydrogen-bond donors (Lipinski definition) is 3. The molecule has 11 heteroatoms. The van der Waals surface area contributed by atoms with Crippen LogP contribution in [0.4, 0.5) is 11.4 Å². The molecule has 2 aliphatic rings. The fourth-order valence-corrected chi connectivity index (χ4v) is 6.30. The Morgan fingerprint density at radius 1 is 0.974 bits per heavy atom. The number of hydrogen-bond acceptors (Lipinski definition) is 7. The van der Waals surface area contributed by atoms with E-state index >= 15 is 0 Å². The summed E-state index contributed by atoms with van der Waals surface area (Å²) in [5.74, 6) is 0.0280. The number of rotatable bonds is 8. The minimum absolute atomic E-state index is 0.0336. The Morgan fingerprint density at radius 2 is 1.69 bits per heavy atom. The number of sulfonamides is 1.